The molecule has 4 heteroatoms. The van der Waals surface area contributed by atoms with E-state index in [1.165, 1.54) is 0 Å². The van der Waals surface area contributed by atoms with Crippen LogP contribution in [0.15, 0.2) is 0 Å². The molecule has 0 radical (unpaired) electrons. The molecule has 11 heavy (non-hydrogen) atoms. The third-order valence-corrected chi connectivity index (χ3v) is 2.38. The number of nitrogens with one attached hydrogen (secondary N) is 1. The Morgan fingerprint density at radius 1 is 1.55 bits per heavy atom. The molecule has 1 atom stereocenters. The minimum absolute atomic E-state index is 0.353. The Morgan fingerprint density at radius 2 is 2.27 bits per heavy atom. The number of hydrogen-bond acceptors (Lipinski definition) is 2. The van der Waals surface area contributed by atoms with Crippen LogP contribution in [-0.4, -0.2) is 26.1 Å². The highest BCUT2D eigenvalue weighted by Gasteiger charge is 2.41. The zero-order valence-corrected chi connectivity index (χ0v) is 6.45. The Labute approximate surface area is 65.1 Å². The van der Waals surface area contributed by atoms with E-state index in [2.05, 4.69) is 5.32 Å². The molecule has 0 saturated carbocycles. The third kappa shape index (κ3) is 1.68. The van der Waals surface area contributed by atoms with E-state index in [1.807, 2.05) is 0 Å². The first-order valence-electron chi connectivity index (χ1n) is 3.90. The highest BCUT2D eigenvalue weighted by molar-refractivity contribution is 4.89. The molecule has 0 aromatic rings. The fourth-order valence-electron chi connectivity index (χ4n) is 1.56. The molecule has 1 fully saturated rings. The van der Waals surface area contributed by atoms with Crippen molar-refractivity contribution in [2.45, 2.75) is 19.3 Å². The van der Waals surface area contributed by atoms with E-state index in [-0.39, 0.29) is 0 Å². The van der Waals surface area contributed by atoms with Crippen LogP contribution >= 0.6 is 0 Å². The average Bonchev–Trinajstić information content (AvgIpc) is 2.38. The molecule has 0 spiro atoms. The molecule has 1 saturated heterocycles. The van der Waals surface area contributed by atoms with Gasteiger partial charge in [-0.05, 0) is 25.9 Å². The summed E-state index contributed by atoms with van der Waals surface area (Å²) in [5.74, 6) is 0. The van der Waals surface area contributed by atoms with Gasteiger partial charge in [-0.1, -0.05) is 0 Å². The first-order valence-corrected chi connectivity index (χ1v) is 3.90. The molecule has 1 aliphatic heterocycles. The fourth-order valence-corrected chi connectivity index (χ4v) is 1.56. The summed E-state index contributed by atoms with van der Waals surface area (Å²) < 4.78 is 25.0. The lowest BCUT2D eigenvalue weighted by Crippen LogP contribution is -2.34. The summed E-state index contributed by atoms with van der Waals surface area (Å²) in [4.78, 5) is 0. The monoisotopic (exact) mass is 164 g/mol. The van der Waals surface area contributed by atoms with E-state index in [4.69, 9.17) is 5.73 Å². The van der Waals surface area contributed by atoms with Crippen molar-refractivity contribution >= 4 is 0 Å². The van der Waals surface area contributed by atoms with Crippen LogP contribution in [0.1, 0.15) is 12.8 Å². The van der Waals surface area contributed by atoms with Crippen LogP contribution in [0, 0.1) is 5.41 Å². The van der Waals surface area contributed by atoms with E-state index < -0.39 is 11.8 Å². The number of hydrogen-bond donors (Lipinski definition) is 2. The Hall–Kier alpha value is -0.220. The Balaban J connectivity index is 2.55. The maximum absolute atomic E-state index is 12.5. The maximum atomic E-state index is 12.5. The standard InChI is InChI=1S/C7H14F2N2/c8-6(9)7(1-3-10)2-4-11-5-7/h6,11H,1-5,10H2. The van der Waals surface area contributed by atoms with Crippen molar-refractivity contribution in [1.29, 1.82) is 0 Å². The quantitative estimate of drug-likeness (QED) is 0.640. The zero-order valence-electron chi connectivity index (χ0n) is 6.45. The second kappa shape index (κ2) is 3.45. The van der Waals surface area contributed by atoms with Gasteiger partial charge in [0.15, 0.2) is 0 Å². The van der Waals surface area contributed by atoms with Crippen LogP contribution in [0.2, 0.25) is 0 Å². The highest BCUT2D eigenvalue weighted by atomic mass is 19.3. The van der Waals surface area contributed by atoms with Gasteiger partial charge in [-0.2, -0.15) is 0 Å². The number of rotatable bonds is 3. The predicted molar refractivity (Wildman–Crippen MR) is 39.6 cm³/mol. The average molecular weight is 164 g/mol. The van der Waals surface area contributed by atoms with Crippen LogP contribution in [0.3, 0.4) is 0 Å². The first-order chi connectivity index (χ1) is 5.21. The fraction of sp³-hybridized carbons (Fsp3) is 1.00. The summed E-state index contributed by atoms with van der Waals surface area (Å²) in [6, 6.07) is 0. The third-order valence-electron chi connectivity index (χ3n) is 2.38. The van der Waals surface area contributed by atoms with Gasteiger partial charge in [-0.15, -0.1) is 0 Å². The molecule has 3 N–H and O–H groups in total. The van der Waals surface area contributed by atoms with Gasteiger partial charge in [0.25, 0.3) is 0 Å². The molecule has 1 heterocycles. The van der Waals surface area contributed by atoms with Crippen LogP contribution in [0.5, 0.6) is 0 Å². The molecule has 0 aromatic heterocycles. The van der Waals surface area contributed by atoms with Crippen molar-refractivity contribution in [1.82, 2.24) is 5.32 Å². The molecular weight excluding hydrogens is 150 g/mol. The number of nitrogens with two attached hydrogens (primary N) is 1. The number of alkyl halides is 2. The van der Waals surface area contributed by atoms with E-state index in [1.54, 1.807) is 0 Å². The Morgan fingerprint density at radius 3 is 2.64 bits per heavy atom. The summed E-state index contributed by atoms with van der Waals surface area (Å²) in [5, 5.41) is 2.94. The van der Waals surface area contributed by atoms with Crippen molar-refractivity contribution in [3.05, 3.63) is 0 Å². The van der Waals surface area contributed by atoms with E-state index >= 15 is 0 Å². The second-order valence-electron chi connectivity index (χ2n) is 3.13. The van der Waals surface area contributed by atoms with Crippen LogP contribution in [0.25, 0.3) is 0 Å². The van der Waals surface area contributed by atoms with Gasteiger partial charge in [-0.3, -0.25) is 0 Å². The van der Waals surface area contributed by atoms with Crippen molar-refractivity contribution in [2.24, 2.45) is 11.1 Å². The molecule has 0 aliphatic carbocycles. The molecule has 1 rings (SSSR count). The van der Waals surface area contributed by atoms with Gasteiger partial charge in [0.2, 0.25) is 6.43 Å². The lowest BCUT2D eigenvalue weighted by Gasteiger charge is -2.26. The van der Waals surface area contributed by atoms with Crippen molar-refractivity contribution in [2.75, 3.05) is 19.6 Å². The molecular formula is C7H14F2N2. The van der Waals surface area contributed by atoms with Gasteiger partial charge in [0, 0.05) is 12.0 Å². The van der Waals surface area contributed by atoms with Gasteiger partial charge in [-0.25, -0.2) is 8.78 Å². The summed E-state index contributed by atoms with van der Waals surface area (Å²) in [6.45, 7) is 1.47. The smallest absolute Gasteiger partial charge is 0.245 e. The van der Waals surface area contributed by atoms with Gasteiger partial charge >= 0.3 is 0 Å². The summed E-state index contributed by atoms with van der Waals surface area (Å²) in [7, 11) is 0. The maximum Gasteiger partial charge on any atom is 0.245 e. The molecule has 0 bridgehead atoms. The van der Waals surface area contributed by atoms with E-state index in [0.717, 1.165) is 0 Å². The SMILES string of the molecule is NCCC1(C(F)F)CCNC1. The van der Waals surface area contributed by atoms with Crippen LogP contribution < -0.4 is 11.1 Å². The van der Waals surface area contributed by atoms with Crippen molar-refractivity contribution in [3.8, 4) is 0 Å². The minimum Gasteiger partial charge on any atom is -0.330 e. The summed E-state index contributed by atoms with van der Waals surface area (Å²) in [6.07, 6.45) is -1.25. The minimum atomic E-state index is -2.24. The van der Waals surface area contributed by atoms with Crippen LogP contribution in [-0.2, 0) is 0 Å². The van der Waals surface area contributed by atoms with Crippen molar-refractivity contribution < 1.29 is 8.78 Å². The molecule has 1 unspecified atom stereocenters. The molecule has 0 aromatic carbocycles. The largest absolute Gasteiger partial charge is 0.330 e. The van der Waals surface area contributed by atoms with E-state index in [9.17, 15) is 8.78 Å². The van der Waals surface area contributed by atoms with Crippen molar-refractivity contribution in [3.63, 3.8) is 0 Å². The molecule has 66 valence electrons. The lowest BCUT2D eigenvalue weighted by atomic mass is 9.84. The number of halogens is 2. The normalized spacial score (nSPS) is 31.6. The van der Waals surface area contributed by atoms with Gasteiger partial charge in [0.05, 0.1) is 0 Å². The lowest BCUT2D eigenvalue weighted by molar-refractivity contribution is 0.00375. The Bertz CT molecular complexity index is 122. The van der Waals surface area contributed by atoms with Gasteiger partial charge < -0.3 is 11.1 Å². The summed E-state index contributed by atoms with van der Waals surface area (Å²) >= 11 is 0. The molecule has 1 aliphatic rings. The van der Waals surface area contributed by atoms with E-state index in [0.29, 0.717) is 32.5 Å². The topological polar surface area (TPSA) is 38.0 Å². The first kappa shape index (κ1) is 8.87. The van der Waals surface area contributed by atoms with Gasteiger partial charge in [0.1, 0.15) is 0 Å². The highest BCUT2D eigenvalue weighted by Crippen LogP contribution is 2.35. The Kier molecular flexibility index (Phi) is 2.78. The summed E-state index contributed by atoms with van der Waals surface area (Å²) in [5.41, 5.74) is 4.45. The molecule has 0 amide bonds. The second-order valence-corrected chi connectivity index (χ2v) is 3.13. The molecule has 2 nitrogen and oxygen atoms in total. The zero-order chi connectivity index (χ0) is 8.32. The van der Waals surface area contributed by atoms with Crippen LogP contribution in [0.4, 0.5) is 8.78 Å². The predicted octanol–water partition coefficient (Wildman–Crippen LogP) is 0.580.